The molecule has 0 radical (unpaired) electrons. The van der Waals surface area contributed by atoms with Crippen molar-refractivity contribution in [1.29, 1.82) is 0 Å². The molecule has 1 amide bonds. The van der Waals surface area contributed by atoms with Gasteiger partial charge < -0.3 is 10.1 Å². The number of anilines is 1. The number of hydrogen-bond acceptors (Lipinski definition) is 4. The average molecular weight is 369 g/mol. The Kier molecular flexibility index (Phi) is 4.36. The molecule has 0 aliphatic carbocycles. The number of hydrogen-bond donors (Lipinski definition) is 1. The van der Waals surface area contributed by atoms with Crippen molar-refractivity contribution in [3.05, 3.63) is 34.2 Å². The predicted octanol–water partition coefficient (Wildman–Crippen LogP) is 4.83. The van der Waals surface area contributed by atoms with Crippen molar-refractivity contribution in [2.45, 2.75) is 19.4 Å². The maximum atomic E-state index is 11.4. The van der Waals surface area contributed by atoms with Crippen LogP contribution in [0.4, 0.5) is 5.13 Å². The van der Waals surface area contributed by atoms with Crippen molar-refractivity contribution in [2.75, 3.05) is 11.2 Å². The summed E-state index contributed by atoms with van der Waals surface area (Å²) in [5.41, 5.74) is 2.00. The highest BCUT2D eigenvalue weighted by atomic mass is 35.5. The molecule has 1 aliphatic rings. The molecular formula is C16H14Cl2N2O2S. The Morgan fingerprint density at radius 3 is 2.96 bits per heavy atom. The molecule has 7 heteroatoms. The number of amides is 1. The molecule has 2 heterocycles. The van der Waals surface area contributed by atoms with Gasteiger partial charge in [-0.3, -0.25) is 4.79 Å². The van der Waals surface area contributed by atoms with Gasteiger partial charge in [-0.1, -0.05) is 17.7 Å². The molecule has 1 aromatic carbocycles. The van der Waals surface area contributed by atoms with Gasteiger partial charge in [-0.2, -0.15) is 0 Å². The Labute approximate surface area is 148 Å². The van der Waals surface area contributed by atoms with Crippen LogP contribution in [0.3, 0.4) is 0 Å². The summed E-state index contributed by atoms with van der Waals surface area (Å²) in [7, 11) is 0. The highest BCUT2D eigenvalue weighted by Crippen LogP contribution is 2.42. The second kappa shape index (κ2) is 6.15. The topological polar surface area (TPSA) is 51.2 Å². The minimum absolute atomic E-state index is 0.108. The summed E-state index contributed by atoms with van der Waals surface area (Å²) in [4.78, 5) is 15.8. The van der Waals surface area contributed by atoms with E-state index < -0.39 is 5.60 Å². The highest BCUT2D eigenvalue weighted by Gasteiger charge is 2.25. The molecule has 120 valence electrons. The van der Waals surface area contributed by atoms with Crippen LogP contribution in [0, 0.1) is 0 Å². The first-order valence-corrected chi connectivity index (χ1v) is 8.71. The normalized spacial score (nSPS) is 15.0. The van der Waals surface area contributed by atoms with E-state index in [1.165, 1.54) is 11.3 Å². The summed E-state index contributed by atoms with van der Waals surface area (Å²) in [5.74, 6) is 0.340. The fraction of sp³-hybridized carbons (Fsp3) is 0.250. The summed E-state index contributed by atoms with van der Waals surface area (Å²) >= 11 is 13.0. The monoisotopic (exact) mass is 368 g/mol. The lowest BCUT2D eigenvalue weighted by Crippen LogP contribution is -2.27. The maximum Gasteiger partial charge on any atom is 0.241 e. The maximum absolute atomic E-state index is 11.4. The lowest BCUT2D eigenvalue weighted by atomic mass is 9.99. The van der Waals surface area contributed by atoms with Crippen LogP contribution >= 0.6 is 34.5 Å². The number of aromatic nitrogens is 1. The number of rotatable bonds is 3. The summed E-state index contributed by atoms with van der Waals surface area (Å²) in [6.07, 6.45) is 3.99. The first kappa shape index (κ1) is 16.3. The Hall–Kier alpha value is -1.56. The van der Waals surface area contributed by atoms with E-state index in [4.69, 9.17) is 27.9 Å². The molecule has 4 nitrogen and oxygen atoms in total. The van der Waals surface area contributed by atoms with Gasteiger partial charge in [-0.25, -0.2) is 4.98 Å². The van der Waals surface area contributed by atoms with E-state index in [0.717, 1.165) is 16.9 Å². The van der Waals surface area contributed by atoms with Crippen molar-refractivity contribution in [3.63, 3.8) is 0 Å². The number of thiazole rings is 1. The minimum Gasteiger partial charge on any atom is -0.482 e. The number of ether oxygens (including phenoxy) is 1. The van der Waals surface area contributed by atoms with Crippen molar-refractivity contribution in [3.8, 4) is 17.0 Å². The van der Waals surface area contributed by atoms with Gasteiger partial charge in [0.05, 0.1) is 5.69 Å². The van der Waals surface area contributed by atoms with E-state index in [1.54, 1.807) is 0 Å². The van der Waals surface area contributed by atoms with Crippen LogP contribution in [0.1, 0.15) is 19.4 Å². The van der Waals surface area contributed by atoms with Crippen molar-refractivity contribution in [1.82, 2.24) is 4.98 Å². The quantitative estimate of drug-likeness (QED) is 0.789. The minimum atomic E-state index is -0.402. The smallest absolute Gasteiger partial charge is 0.241 e. The number of fused-ring (bicyclic) bond motifs is 1. The first-order chi connectivity index (χ1) is 10.9. The van der Waals surface area contributed by atoms with Gasteiger partial charge in [-0.05, 0) is 32.1 Å². The Morgan fingerprint density at radius 1 is 1.43 bits per heavy atom. The first-order valence-electron chi connectivity index (χ1n) is 6.91. The summed E-state index contributed by atoms with van der Waals surface area (Å²) in [5, 5.41) is 5.59. The number of alkyl halides is 1. The molecule has 23 heavy (non-hydrogen) atoms. The van der Waals surface area contributed by atoms with Gasteiger partial charge in [0.15, 0.2) is 5.13 Å². The lowest BCUT2D eigenvalue weighted by molar-refractivity contribution is -0.113. The molecule has 1 aromatic heterocycles. The number of carbonyl (C=O) groups is 1. The van der Waals surface area contributed by atoms with Crippen LogP contribution in [-0.2, 0) is 4.79 Å². The number of halogens is 2. The molecule has 0 spiro atoms. The van der Waals surface area contributed by atoms with Gasteiger partial charge in [0.25, 0.3) is 0 Å². The van der Waals surface area contributed by atoms with Crippen molar-refractivity contribution in [2.24, 2.45) is 0 Å². The van der Waals surface area contributed by atoms with Crippen LogP contribution < -0.4 is 10.1 Å². The molecule has 2 aromatic rings. The number of carbonyl (C=O) groups excluding carboxylic acids is 1. The molecule has 0 bridgehead atoms. The predicted molar refractivity (Wildman–Crippen MR) is 95.7 cm³/mol. The molecular weight excluding hydrogens is 355 g/mol. The fourth-order valence-electron chi connectivity index (χ4n) is 2.24. The second-order valence-corrected chi connectivity index (χ2v) is 7.19. The van der Waals surface area contributed by atoms with Crippen LogP contribution in [0.25, 0.3) is 17.3 Å². The van der Waals surface area contributed by atoms with Crippen LogP contribution in [-0.4, -0.2) is 22.4 Å². The van der Waals surface area contributed by atoms with E-state index in [2.05, 4.69) is 10.3 Å². The average Bonchev–Trinajstić information content (AvgIpc) is 2.94. The van der Waals surface area contributed by atoms with Gasteiger partial charge in [0, 0.05) is 21.5 Å². The van der Waals surface area contributed by atoms with E-state index in [0.29, 0.717) is 15.8 Å². The zero-order valence-corrected chi connectivity index (χ0v) is 14.9. The van der Waals surface area contributed by atoms with Gasteiger partial charge in [-0.15, -0.1) is 22.9 Å². The van der Waals surface area contributed by atoms with E-state index in [9.17, 15) is 4.79 Å². The molecule has 0 unspecified atom stereocenters. The van der Waals surface area contributed by atoms with Gasteiger partial charge in [0.2, 0.25) is 5.91 Å². The molecule has 0 saturated heterocycles. The summed E-state index contributed by atoms with van der Waals surface area (Å²) < 4.78 is 6.08. The SMILES string of the molecule is CC1(C)C=Cc2cc(Cl)cc(-c3csc(NC(=O)CCl)n3)c2O1. The largest absolute Gasteiger partial charge is 0.482 e. The molecule has 0 atom stereocenters. The number of nitrogens with zero attached hydrogens (tertiary/aromatic N) is 1. The molecule has 1 aliphatic heterocycles. The van der Waals surface area contributed by atoms with Crippen LogP contribution in [0.15, 0.2) is 23.6 Å². The standard InChI is InChI=1S/C16H14Cl2N2O2S/c1-16(2)4-3-9-5-10(18)6-11(14(9)22-16)12-8-23-15(19-12)20-13(21)7-17/h3-6,8H,7H2,1-2H3,(H,19,20,21). The Morgan fingerprint density at radius 2 is 2.22 bits per heavy atom. The molecule has 1 N–H and O–H groups in total. The zero-order valence-electron chi connectivity index (χ0n) is 12.5. The molecule has 3 rings (SSSR count). The van der Waals surface area contributed by atoms with Gasteiger partial charge >= 0.3 is 0 Å². The lowest BCUT2D eigenvalue weighted by Gasteiger charge is -2.29. The zero-order chi connectivity index (χ0) is 16.6. The highest BCUT2D eigenvalue weighted by molar-refractivity contribution is 7.14. The number of nitrogens with one attached hydrogen (secondary N) is 1. The molecule has 0 saturated carbocycles. The van der Waals surface area contributed by atoms with Gasteiger partial charge in [0.1, 0.15) is 17.2 Å². The van der Waals surface area contributed by atoms with E-state index in [1.807, 2.05) is 43.5 Å². The van der Waals surface area contributed by atoms with E-state index >= 15 is 0 Å². The van der Waals surface area contributed by atoms with E-state index in [-0.39, 0.29) is 11.8 Å². The van der Waals surface area contributed by atoms with Crippen molar-refractivity contribution < 1.29 is 9.53 Å². The third-order valence-corrected chi connectivity index (χ3v) is 4.48. The van der Waals surface area contributed by atoms with Crippen LogP contribution in [0.5, 0.6) is 5.75 Å². The van der Waals surface area contributed by atoms with Crippen LogP contribution in [0.2, 0.25) is 5.02 Å². The summed E-state index contributed by atoms with van der Waals surface area (Å²) in [6, 6.07) is 3.67. The Balaban J connectivity index is 2.02. The summed E-state index contributed by atoms with van der Waals surface area (Å²) in [6.45, 7) is 3.97. The Bertz CT molecular complexity index is 799. The fourth-order valence-corrected chi connectivity index (χ4v) is 3.26. The van der Waals surface area contributed by atoms with Crippen molar-refractivity contribution >= 4 is 51.7 Å². The molecule has 0 fully saturated rings. The second-order valence-electron chi connectivity index (χ2n) is 5.63. The number of benzene rings is 1. The third kappa shape index (κ3) is 3.52. The third-order valence-electron chi connectivity index (χ3n) is 3.26.